The van der Waals surface area contributed by atoms with Crippen LogP contribution in [-0.4, -0.2) is 4.57 Å². The van der Waals surface area contributed by atoms with Crippen LogP contribution in [-0.2, 0) is 5.41 Å². The summed E-state index contributed by atoms with van der Waals surface area (Å²) in [4.78, 5) is 16.8. The molecule has 0 radical (unpaired) electrons. The molecule has 0 amide bonds. The fourth-order valence-electron chi connectivity index (χ4n) is 8.76. The first kappa shape index (κ1) is 25.5. The first-order chi connectivity index (χ1) is 23.2. The number of fused-ring (bicyclic) bond motifs is 14. The number of benzene rings is 7. The Morgan fingerprint density at radius 1 is 0.447 bits per heavy atom. The lowest BCUT2D eigenvalue weighted by Gasteiger charge is -2.31. The standard InChI is InChI=1S/C44H25NOS/c46-43-32-18-5-4-14-28(32)34-22-27(26-12-2-1-3-13-26)23-41-42(34)45(43)39-24-33-31-17-8-11-21-37(31)44(38(33)25-40(39)47-41)35-19-9-6-15-29(35)30-16-7-10-20-36(30)44/h1-25H. The highest BCUT2D eigenvalue weighted by Crippen LogP contribution is 2.64. The van der Waals surface area contributed by atoms with Gasteiger partial charge in [-0.1, -0.05) is 133 Å². The van der Waals surface area contributed by atoms with Crippen molar-refractivity contribution in [2.45, 2.75) is 15.2 Å². The van der Waals surface area contributed by atoms with Crippen LogP contribution in [0.4, 0.5) is 0 Å². The summed E-state index contributed by atoms with van der Waals surface area (Å²) in [6.45, 7) is 0. The molecule has 3 aliphatic rings. The largest absolute Gasteiger partial charge is 0.274 e. The first-order valence-corrected chi connectivity index (χ1v) is 16.9. The van der Waals surface area contributed by atoms with Crippen LogP contribution >= 0.6 is 11.8 Å². The van der Waals surface area contributed by atoms with Gasteiger partial charge in [-0.25, -0.2) is 0 Å². The molecule has 1 spiro atoms. The summed E-state index contributed by atoms with van der Waals surface area (Å²) < 4.78 is 2.00. The molecule has 11 rings (SSSR count). The summed E-state index contributed by atoms with van der Waals surface area (Å²) in [5, 5.41) is 2.84. The Hall–Kier alpha value is -5.64. The fourth-order valence-corrected chi connectivity index (χ4v) is 9.91. The van der Waals surface area contributed by atoms with Gasteiger partial charge in [-0.3, -0.25) is 9.36 Å². The molecule has 0 unspecified atom stereocenters. The third-order valence-electron chi connectivity index (χ3n) is 10.6. The molecule has 0 bridgehead atoms. The lowest BCUT2D eigenvalue weighted by molar-refractivity contribution is 0.789. The number of hydrogen-bond donors (Lipinski definition) is 0. The van der Waals surface area contributed by atoms with E-state index < -0.39 is 5.41 Å². The van der Waals surface area contributed by atoms with Crippen molar-refractivity contribution in [1.29, 1.82) is 0 Å². The number of hydrogen-bond acceptors (Lipinski definition) is 2. The van der Waals surface area contributed by atoms with Crippen LogP contribution in [0.3, 0.4) is 0 Å². The van der Waals surface area contributed by atoms with Gasteiger partial charge < -0.3 is 0 Å². The summed E-state index contributed by atoms with van der Waals surface area (Å²) in [5.74, 6) is 0. The monoisotopic (exact) mass is 615 g/mol. The molecule has 47 heavy (non-hydrogen) atoms. The Balaban J connectivity index is 1.27. The van der Waals surface area contributed by atoms with E-state index in [0.717, 1.165) is 42.7 Å². The van der Waals surface area contributed by atoms with E-state index in [1.54, 1.807) is 11.8 Å². The third kappa shape index (κ3) is 3.10. The smallest absolute Gasteiger partial charge is 0.263 e. The van der Waals surface area contributed by atoms with Crippen LogP contribution in [0.2, 0.25) is 0 Å². The number of nitrogens with zero attached hydrogens (tertiary/aromatic N) is 1. The van der Waals surface area contributed by atoms with Gasteiger partial charge in [0.15, 0.2) is 0 Å². The van der Waals surface area contributed by atoms with Gasteiger partial charge in [0, 0.05) is 20.6 Å². The minimum absolute atomic E-state index is 0.0286. The normalized spacial score (nSPS) is 14.1. The third-order valence-corrected chi connectivity index (χ3v) is 11.7. The Kier molecular flexibility index (Phi) is 4.89. The van der Waals surface area contributed by atoms with Crippen molar-refractivity contribution in [3.05, 3.63) is 184 Å². The molecule has 7 aromatic carbocycles. The van der Waals surface area contributed by atoms with Crippen LogP contribution in [0.15, 0.2) is 166 Å². The topological polar surface area (TPSA) is 22.0 Å². The Bertz CT molecular complexity index is 2690. The Morgan fingerprint density at radius 2 is 1.02 bits per heavy atom. The van der Waals surface area contributed by atoms with E-state index >= 15 is 0 Å². The fraction of sp³-hybridized carbons (Fsp3) is 0.0227. The molecule has 2 nitrogen and oxygen atoms in total. The average Bonchev–Trinajstić information content (AvgIpc) is 3.59. The van der Waals surface area contributed by atoms with Crippen LogP contribution in [0, 0.1) is 0 Å². The van der Waals surface area contributed by atoms with Crippen LogP contribution in [0.1, 0.15) is 22.3 Å². The van der Waals surface area contributed by atoms with Crippen molar-refractivity contribution in [1.82, 2.24) is 4.57 Å². The molecule has 0 saturated heterocycles. The van der Waals surface area contributed by atoms with Gasteiger partial charge in [-0.15, -0.1) is 0 Å². The SMILES string of the molecule is O=c1c2ccccc2c2cc(-c3ccccc3)cc3c2n1-c1cc2c(cc1S3)C1(c3ccccc3-c3ccccc31)c1ccccc1-2. The van der Waals surface area contributed by atoms with Gasteiger partial charge in [0.25, 0.3) is 5.56 Å². The molecule has 8 aromatic rings. The zero-order valence-corrected chi connectivity index (χ0v) is 26.0. The van der Waals surface area contributed by atoms with E-state index in [1.165, 1.54) is 50.1 Å². The zero-order valence-electron chi connectivity index (χ0n) is 25.2. The maximum Gasteiger partial charge on any atom is 0.263 e. The highest BCUT2D eigenvalue weighted by atomic mass is 32.2. The van der Waals surface area contributed by atoms with Crippen molar-refractivity contribution in [3.63, 3.8) is 0 Å². The average molecular weight is 616 g/mol. The summed E-state index contributed by atoms with van der Waals surface area (Å²) in [5.41, 5.74) is 14.1. The van der Waals surface area contributed by atoms with Crippen molar-refractivity contribution in [3.8, 4) is 39.1 Å². The van der Waals surface area contributed by atoms with Crippen LogP contribution in [0.25, 0.3) is 60.7 Å². The molecule has 2 heterocycles. The predicted molar refractivity (Wildman–Crippen MR) is 193 cm³/mol. The second-order valence-corrected chi connectivity index (χ2v) is 13.9. The lowest BCUT2D eigenvalue weighted by Crippen LogP contribution is -2.26. The summed E-state index contributed by atoms with van der Waals surface area (Å²) in [6.07, 6.45) is 0. The molecular weight excluding hydrogens is 591 g/mol. The maximum absolute atomic E-state index is 14.6. The van der Waals surface area contributed by atoms with Gasteiger partial charge in [-0.2, -0.15) is 0 Å². The van der Waals surface area contributed by atoms with Crippen LogP contribution in [0.5, 0.6) is 0 Å². The van der Waals surface area contributed by atoms with Gasteiger partial charge in [0.05, 0.1) is 16.6 Å². The number of rotatable bonds is 1. The predicted octanol–water partition coefficient (Wildman–Crippen LogP) is 10.6. The van der Waals surface area contributed by atoms with Gasteiger partial charge in [0.2, 0.25) is 0 Å². The highest BCUT2D eigenvalue weighted by molar-refractivity contribution is 7.99. The summed E-state index contributed by atoms with van der Waals surface area (Å²) in [7, 11) is 0. The molecule has 1 aromatic heterocycles. The summed E-state index contributed by atoms with van der Waals surface area (Å²) >= 11 is 1.79. The molecule has 0 N–H and O–H groups in total. The van der Waals surface area contributed by atoms with Gasteiger partial charge >= 0.3 is 0 Å². The van der Waals surface area contributed by atoms with E-state index in [1.807, 2.05) is 22.8 Å². The molecule has 1 aliphatic heterocycles. The molecule has 0 fully saturated rings. The van der Waals surface area contributed by atoms with Gasteiger partial charge in [-0.05, 0) is 91.4 Å². The molecule has 2 aliphatic carbocycles. The second kappa shape index (κ2) is 9.00. The zero-order chi connectivity index (χ0) is 30.9. The molecule has 0 saturated carbocycles. The quantitative estimate of drug-likeness (QED) is 0.171. The van der Waals surface area contributed by atoms with Crippen molar-refractivity contribution >= 4 is 33.4 Å². The van der Waals surface area contributed by atoms with E-state index in [4.69, 9.17) is 0 Å². The van der Waals surface area contributed by atoms with Crippen molar-refractivity contribution in [2.24, 2.45) is 0 Å². The highest BCUT2D eigenvalue weighted by Gasteiger charge is 2.52. The number of aromatic nitrogens is 1. The summed E-state index contributed by atoms with van der Waals surface area (Å²) in [6, 6.07) is 54.6. The van der Waals surface area contributed by atoms with E-state index in [-0.39, 0.29) is 5.56 Å². The Morgan fingerprint density at radius 3 is 1.70 bits per heavy atom. The van der Waals surface area contributed by atoms with E-state index in [2.05, 4.69) is 133 Å². The number of pyridine rings is 1. The van der Waals surface area contributed by atoms with E-state index in [9.17, 15) is 4.79 Å². The minimum Gasteiger partial charge on any atom is -0.274 e. The first-order valence-electron chi connectivity index (χ1n) is 16.1. The minimum atomic E-state index is -0.426. The van der Waals surface area contributed by atoms with Crippen molar-refractivity contribution < 1.29 is 0 Å². The maximum atomic E-state index is 14.6. The molecular formula is C44H25NOS. The van der Waals surface area contributed by atoms with Gasteiger partial charge in [0.1, 0.15) is 0 Å². The lowest BCUT2D eigenvalue weighted by atomic mass is 9.70. The van der Waals surface area contributed by atoms with E-state index in [0.29, 0.717) is 0 Å². The second-order valence-electron chi connectivity index (χ2n) is 12.8. The van der Waals surface area contributed by atoms with Crippen LogP contribution < -0.4 is 5.56 Å². The van der Waals surface area contributed by atoms with Crippen molar-refractivity contribution in [2.75, 3.05) is 0 Å². The Labute approximate surface area is 275 Å². The molecule has 218 valence electrons. The molecule has 3 heteroatoms. The molecule has 0 atom stereocenters.